The Kier molecular flexibility index (Phi) is 6.17. The summed E-state index contributed by atoms with van der Waals surface area (Å²) >= 11 is 0.598. The third kappa shape index (κ3) is 5.34. The normalized spacial score (nSPS) is 20.1. The van der Waals surface area contributed by atoms with E-state index in [1.54, 1.807) is 0 Å². The van der Waals surface area contributed by atoms with Crippen LogP contribution in [0.3, 0.4) is 0 Å². The molecular weight excluding hydrogens is 446 g/mol. The van der Waals surface area contributed by atoms with Crippen LogP contribution >= 0.6 is 11.8 Å². The second kappa shape index (κ2) is 7.69. The Morgan fingerprint density at radius 2 is 1.66 bits per heavy atom. The van der Waals surface area contributed by atoms with Gasteiger partial charge in [-0.05, 0) is 18.2 Å². The van der Waals surface area contributed by atoms with E-state index in [0.717, 1.165) is 11.0 Å². The van der Waals surface area contributed by atoms with Crippen LogP contribution in [0.1, 0.15) is 12.5 Å². The topological polar surface area (TPSA) is 32.7 Å². The van der Waals surface area contributed by atoms with Crippen LogP contribution in [0.5, 0.6) is 0 Å². The lowest BCUT2D eigenvalue weighted by Crippen LogP contribution is -2.42. The minimum absolute atomic E-state index is 0.178. The molecule has 29 heavy (non-hydrogen) atoms. The highest BCUT2D eigenvalue weighted by molar-refractivity contribution is 8.15. The molecule has 3 nitrogen and oxygen atoms in total. The van der Waals surface area contributed by atoms with Crippen LogP contribution in [0.4, 0.5) is 49.6 Å². The van der Waals surface area contributed by atoms with Crippen LogP contribution in [-0.2, 0) is 11.0 Å². The maximum absolute atomic E-state index is 13.4. The first-order chi connectivity index (χ1) is 13.0. The monoisotopic (exact) mass is 456 g/mol. The Hall–Kier alpha value is -1.99. The molecule has 14 heteroatoms. The number of rotatable bonds is 2. The van der Waals surface area contributed by atoms with Gasteiger partial charge in [-0.1, -0.05) is 18.7 Å². The van der Waals surface area contributed by atoms with Crippen LogP contribution in [0, 0.1) is 11.7 Å². The molecule has 162 valence electrons. The summed E-state index contributed by atoms with van der Waals surface area (Å²) in [6.45, 7) is 1.28. The molecule has 1 aliphatic rings. The number of aliphatic imine (C=N–C) groups is 1. The molecule has 1 amide bonds. The number of anilines is 1. The van der Waals surface area contributed by atoms with E-state index in [0.29, 0.717) is 23.9 Å². The number of alkyl halides is 9. The lowest BCUT2D eigenvalue weighted by Gasteiger charge is -2.22. The van der Waals surface area contributed by atoms with Crippen molar-refractivity contribution < 1.29 is 48.7 Å². The average molecular weight is 456 g/mol. The van der Waals surface area contributed by atoms with Gasteiger partial charge < -0.3 is 4.90 Å². The van der Waals surface area contributed by atoms with E-state index in [4.69, 9.17) is 0 Å². The van der Waals surface area contributed by atoms with Crippen molar-refractivity contribution in [2.45, 2.75) is 30.7 Å². The Bertz CT molecular complexity index is 801. The maximum atomic E-state index is 13.4. The van der Waals surface area contributed by atoms with E-state index in [1.165, 1.54) is 6.92 Å². The van der Waals surface area contributed by atoms with E-state index >= 15 is 0 Å². The van der Waals surface area contributed by atoms with Gasteiger partial charge in [-0.3, -0.25) is 4.79 Å². The highest BCUT2D eigenvalue weighted by atomic mass is 32.2. The number of amides is 1. The van der Waals surface area contributed by atoms with Gasteiger partial charge in [0, 0.05) is 17.5 Å². The molecule has 0 spiro atoms. The van der Waals surface area contributed by atoms with Gasteiger partial charge in [-0.2, -0.15) is 44.5 Å². The van der Waals surface area contributed by atoms with Gasteiger partial charge in [0.25, 0.3) is 5.91 Å². The first-order valence-corrected chi connectivity index (χ1v) is 8.46. The SMILES string of the molecule is CC1CN(c2ccc(F)c(C(F)(F)F)c2)C(=NC(=O)C(C(F)(F)F)C(F)(F)F)S1. The molecule has 2 rings (SSSR count). The zero-order valence-corrected chi connectivity index (χ0v) is 14.9. The number of carbonyl (C=O) groups is 1. The second-order valence-electron chi connectivity index (χ2n) is 5.95. The van der Waals surface area contributed by atoms with Crippen molar-refractivity contribution in [2.24, 2.45) is 10.9 Å². The number of amidine groups is 1. The molecule has 0 saturated carbocycles. The third-order valence-electron chi connectivity index (χ3n) is 3.65. The average Bonchev–Trinajstić information content (AvgIpc) is 2.83. The van der Waals surface area contributed by atoms with Gasteiger partial charge in [0.05, 0.1) is 5.56 Å². The summed E-state index contributed by atoms with van der Waals surface area (Å²) in [5.41, 5.74) is -2.08. The quantitative estimate of drug-likeness (QED) is 0.558. The molecule has 1 atom stereocenters. The zero-order valence-electron chi connectivity index (χ0n) is 14.1. The predicted octanol–water partition coefficient (Wildman–Crippen LogP) is 5.41. The van der Waals surface area contributed by atoms with Crippen molar-refractivity contribution in [3.8, 4) is 0 Å². The van der Waals surface area contributed by atoms with Crippen LogP contribution in [0.2, 0.25) is 0 Å². The summed E-state index contributed by atoms with van der Waals surface area (Å²) < 4.78 is 128. The second-order valence-corrected chi connectivity index (χ2v) is 7.36. The molecular formula is C15H10F10N2OS. The molecule has 0 aromatic heterocycles. The van der Waals surface area contributed by atoms with Gasteiger partial charge in [0.15, 0.2) is 5.17 Å². The number of hydrogen-bond donors (Lipinski definition) is 0. The van der Waals surface area contributed by atoms with Crippen molar-refractivity contribution >= 4 is 28.5 Å². The fraction of sp³-hybridized carbons (Fsp3) is 0.467. The largest absolute Gasteiger partial charge is 0.419 e. The lowest BCUT2D eigenvalue weighted by atomic mass is 10.1. The van der Waals surface area contributed by atoms with Gasteiger partial charge >= 0.3 is 18.5 Å². The molecule has 1 saturated heterocycles. The van der Waals surface area contributed by atoms with Gasteiger partial charge in [0.1, 0.15) is 5.82 Å². The number of halogens is 10. The van der Waals surface area contributed by atoms with Crippen LogP contribution < -0.4 is 4.90 Å². The fourth-order valence-electron chi connectivity index (χ4n) is 2.44. The molecule has 1 aliphatic heterocycles. The zero-order chi connectivity index (χ0) is 22.4. The molecule has 0 radical (unpaired) electrons. The first kappa shape index (κ1) is 23.3. The molecule has 1 aromatic rings. The van der Waals surface area contributed by atoms with E-state index in [-0.39, 0.29) is 6.54 Å². The minimum Gasteiger partial charge on any atom is -0.320 e. The first-order valence-electron chi connectivity index (χ1n) is 7.58. The predicted molar refractivity (Wildman–Crippen MR) is 83.8 cm³/mol. The Morgan fingerprint density at radius 3 is 2.14 bits per heavy atom. The van der Waals surface area contributed by atoms with Gasteiger partial charge in [-0.25, -0.2) is 4.39 Å². The summed E-state index contributed by atoms with van der Waals surface area (Å²) in [5.74, 6) is -8.55. The Balaban J connectivity index is 2.47. The molecule has 0 N–H and O–H groups in total. The van der Waals surface area contributed by atoms with Gasteiger partial charge in [-0.15, -0.1) is 0 Å². The van der Waals surface area contributed by atoms with Crippen molar-refractivity contribution in [3.05, 3.63) is 29.6 Å². The summed E-state index contributed by atoms with van der Waals surface area (Å²) in [5, 5.41) is -1.18. The summed E-state index contributed by atoms with van der Waals surface area (Å²) in [4.78, 5) is 15.4. The number of carbonyl (C=O) groups excluding carboxylic acids is 1. The van der Waals surface area contributed by atoms with Crippen molar-refractivity contribution in [2.75, 3.05) is 11.4 Å². The van der Waals surface area contributed by atoms with Gasteiger partial charge in [0.2, 0.25) is 5.92 Å². The third-order valence-corrected chi connectivity index (χ3v) is 4.73. The molecule has 1 heterocycles. The minimum atomic E-state index is -5.96. The van der Waals surface area contributed by atoms with E-state index in [2.05, 4.69) is 4.99 Å². The summed E-state index contributed by atoms with van der Waals surface area (Å²) in [6.07, 6.45) is -17.0. The number of nitrogens with zero attached hydrogens (tertiary/aromatic N) is 2. The number of benzene rings is 1. The summed E-state index contributed by atoms with van der Waals surface area (Å²) in [7, 11) is 0. The van der Waals surface area contributed by atoms with E-state index in [1.807, 2.05) is 0 Å². The fourth-order valence-corrected chi connectivity index (χ4v) is 3.47. The molecule has 1 unspecified atom stereocenters. The van der Waals surface area contributed by atoms with Crippen LogP contribution in [-0.4, -0.2) is 35.2 Å². The highest BCUT2D eigenvalue weighted by Gasteiger charge is 2.61. The molecule has 1 fully saturated rings. The molecule has 1 aromatic carbocycles. The van der Waals surface area contributed by atoms with E-state index in [9.17, 15) is 48.7 Å². The van der Waals surface area contributed by atoms with Crippen molar-refractivity contribution in [3.63, 3.8) is 0 Å². The number of hydrogen-bond acceptors (Lipinski definition) is 2. The smallest absolute Gasteiger partial charge is 0.320 e. The van der Waals surface area contributed by atoms with E-state index < -0.39 is 57.8 Å². The van der Waals surface area contributed by atoms with Crippen molar-refractivity contribution in [1.82, 2.24) is 0 Å². The molecule has 0 bridgehead atoms. The highest BCUT2D eigenvalue weighted by Crippen LogP contribution is 2.41. The van der Waals surface area contributed by atoms with Crippen molar-refractivity contribution in [1.29, 1.82) is 0 Å². The Morgan fingerprint density at radius 1 is 1.10 bits per heavy atom. The molecule has 0 aliphatic carbocycles. The number of thioether (sulfide) groups is 1. The standard InChI is InChI=1S/C15H10F10N2OS/c1-6-5-27(7-2-3-9(16)8(4-7)13(17,18)19)12(29-6)26-11(28)10(14(20,21)22)15(23,24)25/h2-4,6,10H,5H2,1H3. The van der Waals surface area contributed by atoms with Crippen LogP contribution in [0.15, 0.2) is 23.2 Å². The van der Waals surface area contributed by atoms with Crippen LogP contribution in [0.25, 0.3) is 0 Å². The summed E-state index contributed by atoms with van der Waals surface area (Å²) in [6, 6.07) is 1.62. The maximum Gasteiger partial charge on any atom is 0.419 e. The Labute approximate surface area is 160 Å². The lowest BCUT2D eigenvalue weighted by molar-refractivity contribution is -0.273.